The molecular formula is C14H12ClN3O2. The van der Waals surface area contributed by atoms with Crippen LogP contribution in [-0.2, 0) is 4.79 Å². The minimum Gasteiger partial charge on any atom is -0.482 e. The van der Waals surface area contributed by atoms with Crippen molar-refractivity contribution in [3.05, 3.63) is 41.4 Å². The number of rotatable bonds is 2. The largest absolute Gasteiger partial charge is 0.482 e. The molecule has 0 aliphatic carbocycles. The van der Waals surface area contributed by atoms with E-state index in [-0.39, 0.29) is 12.5 Å². The van der Waals surface area contributed by atoms with Gasteiger partial charge in [0.15, 0.2) is 6.61 Å². The Morgan fingerprint density at radius 1 is 1.25 bits per heavy atom. The zero-order valence-electron chi connectivity index (χ0n) is 10.4. The third kappa shape index (κ3) is 2.48. The predicted molar refractivity (Wildman–Crippen MR) is 79.7 cm³/mol. The SMILES string of the molecule is Nc1cc2c(cc1Nc1ccc(Cl)cc1)NC(=O)CO2. The van der Waals surface area contributed by atoms with Crippen LogP contribution in [0.1, 0.15) is 0 Å². The van der Waals surface area contributed by atoms with Crippen molar-refractivity contribution in [2.75, 3.05) is 23.0 Å². The first-order chi connectivity index (χ1) is 9.61. The quantitative estimate of drug-likeness (QED) is 0.743. The molecule has 5 nitrogen and oxygen atoms in total. The molecule has 0 aromatic heterocycles. The number of hydrogen-bond acceptors (Lipinski definition) is 4. The van der Waals surface area contributed by atoms with E-state index in [1.165, 1.54) is 0 Å². The molecule has 2 aromatic carbocycles. The lowest BCUT2D eigenvalue weighted by Gasteiger charge is -2.20. The summed E-state index contributed by atoms with van der Waals surface area (Å²) >= 11 is 5.84. The van der Waals surface area contributed by atoms with Crippen LogP contribution in [-0.4, -0.2) is 12.5 Å². The Hall–Kier alpha value is -2.40. The van der Waals surface area contributed by atoms with Gasteiger partial charge in [0.05, 0.1) is 17.1 Å². The molecule has 0 spiro atoms. The topological polar surface area (TPSA) is 76.4 Å². The Balaban J connectivity index is 1.91. The standard InChI is InChI=1S/C14H12ClN3O2/c15-8-1-3-9(4-2-8)17-11-6-12-13(5-10(11)16)20-7-14(19)18-12/h1-6,17H,7,16H2,(H,18,19). The summed E-state index contributed by atoms with van der Waals surface area (Å²) in [5.74, 6) is 0.392. The van der Waals surface area contributed by atoms with Gasteiger partial charge in [-0.25, -0.2) is 0 Å². The number of nitrogen functional groups attached to an aromatic ring is 1. The summed E-state index contributed by atoms with van der Waals surface area (Å²) in [4.78, 5) is 11.3. The van der Waals surface area contributed by atoms with Gasteiger partial charge in [-0.3, -0.25) is 4.79 Å². The smallest absolute Gasteiger partial charge is 0.262 e. The number of nitrogens with one attached hydrogen (secondary N) is 2. The first kappa shape index (κ1) is 12.6. The highest BCUT2D eigenvalue weighted by Gasteiger charge is 2.17. The number of fused-ring (bicyclic) bond motifs is 1. The lowest BCUT2D eigenvalue weighted by atomic mass is 10.2. The van der Waals surface area contributed by atoms with Gasteiger partial charge in [0.1, 0.15) is 5.75 Å². The Bertz CT molecular complexity index is 671. The maximum Gasteiger partial charge on any atom is 0.262 e. The molecule has 1 aliphatic heterocycles. The average Bonchev–Trinajstić information content (AvgIpc) is 2.42. The van der Waals surface area contributed by atoms with Gasteiger partial charge in [-0.2, -0.15) is 0 Å². The van der Waals surface area contributed by atoms with Crippen LogP contribution in [0.5, 0.6) is 5.75 Å². The van der Waals surface area contributed by atoms with Crippen LogP contribution in [0.2, 0.25) is 5.02 Å². The average molecular weight is 290 g/mol. The van der Waals surface area contributed by atoms with E-state index < -0.39 is 0 Å². The third-order valence-corrected chi connectivity index (χ3v) is 3.16. The Kier molecular flexibility index (Phi) is 3.12. The summed E-state index contributed by atoms with van der Waals surface area (Å²) in [5, 5.41) is 6.58. The molecule has 1 heterocycles. The van der Waals surface area contributed by atoms with Crippen LogP contribution in [0, 0.1) is 0 Å². The molecule has 102 valence electrons. The molecule has 0 saturated heterocycles. The first-order valence-electron chi connectivity index (χ1n) is 6.00. The van der Waals surface area contributed by atoms with Gasteiger partial charge in [0.2, 0.25) is 0 Å². The fourth-order valence-electron chi connectivity index (χ4n) is 1.94. The van der Waals surface area contributed by atoms with Crippen LogP contribution in [0.25, 0.3) is 0 Å². The van der Waals surface area contributed by atoms with E-state index in [1.54, 1.807) is 24.3 Å². The molecule has 20 heavy (non-hydrogen) atoms. The molecular weight excluding hydrogens is 278 g/mol. The van der Waals surface area contributed by atoms with E-state index in [1.807, 2.05) is 12.1 Å². The van der Waals surface area contributed by atoms with E-state index in [0.717, 1.165) is 5.69 Å². The molecule has 0 atom stereocenters. The van der Waals surface area contributed by atoms with Crippen molar-refractivity contribution in [3.63, 3.8) is 0 Å². The minimum absolute atomic E-state index is 0.0103. The second-order valence-electron chi connectivity index (χ2n) is 4.40. The summed E-state index contributed by atoms with van der Waals surface area (Å²) in [6, 6.07) is 10.7. The summed E-state index contributed by atoms with van der Waals surface area (Å²) < 4.78 is 5.30. The molecule has 0 fully saturated rings. The van der Waals surface area contributed by atoms with Gasteiger partial charge in [-0.05, 0) is 30.3 Å². The highest BCUT2D eigenvalue weighted by molar-refractivity contribution is 6.30. The fraction of sp³-hybridized carbons (Fsp3) is 0.0714. The van der Waals surface area contributed by atoms with Gasteiger partial charge in [-0.15, -0.1) is 0 Å². The van der Waals surface area contributed by atoms with Crippen LogP contribution in [0.3, 0.4) is 0 Å². The molecule has 3 rings (SSSR count). The van der Waals surface area contributed by atoms with Crippen molar-refractivity contribution >= 4 is 40.3 Å². The molecule has 0 bridgehead atoms. The molecule has 0 unspecified atom stereocenters. The van der Waals surface area contributed by atoms with E-state index >= 15 is 0 Å². The molecule has 4 N–H and O–H groups in total. The predicted octanol–water partition coefficient (Wildman–Crippen LogP) is 3.00. The zero-order chi connectivity index (χ0) is 14.1. The lowest BCUT2D eigenvalue weighted by Crippen LogP contribution is -2.25. The number of nitrogens with two attached hydrogens (primary N) is 1. The van der Waals surface area contributed by atoms with Crippen molar-refractivity contribution in [3.8, 4) is 5.75 Å². The minimum atomic E-state index is -0.181. The number of benzene rings is 2. The molecule has 1 aliphatic rings. The molecule has 0 saturated carbocycles. The summed E-state index contributed by atoms with van der Waals surface area (Å²) in [7, 11) is 0. The van der Waals surface area contributed by atoms with Gasteiger partial charge in [0, 0.05) is 16.8 Å². The maximum absolute atomic E-state index is 11.3. The number of carbonyl (C=O) groups excluding carboxylic acids is 1. The Morgan fingerprint density at radius 3 is 2.75 bits per heavy atom. The highest BCUT2D eigenvalue weighted by Crippen LogP contribution is 2.36. The van der Waals surface area contributed by atoms with E-state index in [0.29, 0.717) is 27.8 Å². The monoisotopic (exact) mass is 289 g/mol. The maximum atomic E-state index is 11.3. The van der Waals surface area contributed by atoms with Crippen molar-refractivity contribution in [1.29, 1.82) is 0 Å². The van der Waals surface area contributed by atoms with Gasteiger partial charge in [-0.1, -0.05) is 11.6 Å². The van der Waals surface area contributed by atoms with Gasteiger partial charge in [0.25, 0.3) is 5.91 Å². The second-order valence-corrected chi connectivity index (χ2v) is 4.84. The number of halogens is 1. The van der Waals surface area contributed by atoms with Crippen molar-refractivity contribution in [1.82, 2.24) is 0 Å². The molecule has 1 amide bonds. The van der Waals surface area contributed by atoms with E-state index in [9.17, 15) is 4.79 Å². The Labute approximate surface area is 120 Å². The molecule has 6 heteroatoms. The zero-order valence-corrected chi connectivity index (χ0v) is 11.2. The lowest BCUT2D eigenvalue weighted by molar-refractivity contribution is -0.118. The van der Waals surface area contributed by atoms with E-state index in [4.69, 9.17) is 22.1 Å². The van der Waals surface area contributed by atoms with Crippen LogP contribution < -0.4 is 21.1 Å². The van der Waals surface area contributed by atoms with Crippen molar-refractivity contribution in [2.24, 2.45) is 0 Å². The molecule has 0 radical (unpaired) electrons. The van der Waals surface area contributed by atoms with Crippen molar-refractivity contribution < 1.29 is 9.53 Å². The third-order valence-electron chi connectivity index (χ3n) is 2.91. The van der Waals surface area contributed by atoms with Crippen LogP contribution >= 0.6 is 11.6 Å². The van der Waals surface area contributed by atoms with Gasteiger partial charge < -0.3 is 21.1 Å². The normalized spacial score (nSPS) is 13.2. The number of anilines is 4. The second kappa shape index (κ2) is 4.94. The molecule has 2 aromatic rings. The number of amides is 1. The summed E-state index contributed by atoms with van der Waals surface area (Å²) in [6.45, 7) is 0.0103. The number of hydrogen-bond donors (Lipinski definition) is 3. The number of carbonyl (C=O) groups is 1. The van der Waals surface area contributed by atoms with Crippen molar-refractivity contribution in [2.45, 2.75) is 0 Å². The summed E-state index contributed by atoms with van der Waals surface area (Å²) in [6.07, 6.45) is 0. The Morgan fingerprint density at radius 2 is 2.00 bits per heavy atom. The van der Waals surface area contributed by atoms with Crippen LogP contribution in [0.4, 0.5) is 22.7 Å². The number of ether oxygens (including phenoxy) is 1. The van der Waals surface area contributed by atoms with Crippen LogP contribution in [0.15, 0.2) is 36.4 Å². The summed E-state index contributed by atoms with van der Waals surface area (Å²) in [5.41, 5.74) is 8.66. The van der Waals surface area contributed by atoms with E-state index in [2.05, 4.69) is 10.6 Å². The first-order valence-corrected chi connectivity index (χ1v) is 6.38. The van der Waals surface area contributed by atoms with Gasteiger partial charge >= 0.3 is 0 Å². The fourth-order valence-corrected chi connectivity index (χ4v) is 2.07. The highest BCUT2D eigenvalue weighted by atomic mass is 35.5.